The van der Waals surface area contributed by atoms with Crippen LogP contribution in [0.2, 0.25) is 0 Å². The lowest BCUT2D eigenvalue weighted by atomic mass is 10.1. The molecule has 248 valence electrons. The van der Waals surface area contributed by atoms with Gasteiger partial charge in [-0.3, -0.25) is 13.7 Å². The minimum absolute atomic E-state index is 0.00863. The Morgan fingerprint density at radius 2 is 1.40 bits per heavy atom. The number of rotatable bonds is 8. The van der Waals surface area contributed by atoms with Crippen LogP contribution in [0, 0.1) is 0 Å². The number of hydrogen-bond donors (Lipinski definition) is 6. The van der Waals surface area contributed by atoms with E-state index in [4.69, 9.17) is 28.9 Å². The SMILES string of the molecule is CC(C)=N/C(Cl)=N\C(Cl)=C(\N)Nc1ccc2c(O)c(/N=N/c3ccc4c(S(=O)(=O)O)cccc4c3S(=O)(=O)O)c(S(=O)(=O)O)cc2c1. The molecule has 0 aliphatic carbocycles. The van der Waals surface area contributed by atoms with Crippen LogP contribution in [0.4, 0.5) is 17.1 Å². The topological polar surface area (TPSA) is 271 Å². The van der Waals surface area contributed by atoms with Crippen molar-refractivity contribution in [3.63, 3.8) is 0 Å². The summed E-state index contributed by atoms with van der Waals surface area (Å²) in [4.78, 5) is 5.18. The lowest BCUT2D eigenvalue weighted by Gasteiger charge is -2.12. The molecule has 0 radical (unpaired) electrons. The highest BCUT2D eigenvalue weighted by Crippen LogP contribution is 2.43. The predicted octanol–water partition coefficient (Wildman–Crippen LogP) is 5.67. The van der Waals surface area contributed by atoms with Gasteiger partial charge in [-0.2, -0.15) is 25.3 Å². The molecule has 4 rings (SSSR count). The number of fused-ring (bicyclic) bond motifs is 2. The van der Waals surface area contributed by atoms with Gasteiger partial charge in [-0.05, 0) is 67.2 Å². The lowest BCUT2D eigenvalue weighted by molar-refractivity contribution is 0.472. The molecule has 0 saturated heterocycles. The second-order valence-electron chi connectivity index (χ2n) is 9.67. The first-order valence-corrected chi connectivity index (χ1v) is 17.6. The number of azo groups is 1. The van der Waals surface area contributed by atoms with Crippen LogP contribution in [0.5, 0.6) is 5.75 Å². The maximum absolute atomic E-state index is 12.4. The van der Waals surface area contributed by atoms with Crippen molar-refractivity contribution in [2.45, 2.75) is 28.5 Å². The highest BCUT2D eigenvalue weighted by molar-refractivity contribution is 7.86. The zero-order valence-corrected chi connectivity index (χ0v) is 27.7. The number of aromatic hydroxyl groups is 1. The largest absolute Gasteiger partial charge is 0.505 e. The highest BCUT2D eigenvalue weighted by Gasteiger charge is 2.25. The fourth-order valence-electron chi connectivity index (χ4n) is 4.25. The standard InChI is InChI=1S/C26H22Cl2N6O10S3/c1-12(2)30-26(28)32-24(27)25(29)31-14-6-7-15-13(10-14)11-20(46(39,40)41)21(22(15)35)34-33-18-9-8-16-17(23(18)47(42,43)44)4-3-5-19(16)45(36,37)38/h3-11,31,35H,29H2,1-2H3,(H,36,37,38)(H,39,40,41)(H,42,43,44)/b25-24-,32-26-,34-33+. The van der Waals surface area contributed by atoms with Crippen LogP contribution in [0.15, 0.2) is 100 Å². The van der Waals surface area contributed by atoms with E-state index in [-0.39, 0.29) is 43.5 Å². The summed E-state index contributed by atoms with van der Waals surface area (Å²) in [6.45, 7) is 3.36. The molecule has 0 unspecified atom stereocenters. The molecule has 0 fully saturated rings. The number of halogens is 2. The first kappa shape index (κ1) is 35.6. The van der Waals surface area contributed by atoms with Crippen LogP contribution in [-0.2, 0) is 30.4 Å². The molecule has 0 atom stereocenters. The van der Waals surface area contributed by atoms with E-state index in [2.05, 4.69) is 25.5 Å². The van der Waals surface area contributed by atoms with Crippen molar-refractivity contribution in [1.82, 2.24) is 0 Å². The Bertz CT molecular complexity index is 2430. The number of nitrogens with one attached hydrogen (secondary N) is 1. The molecule has 0 aliphatic rings. The van der Waals surface area contributed by atoms with E-state index in [1.54, 1.807) is 13.8 Å². The zero-order valence-electron chi connectivity index (χ0n) is 23.8. The molecular formula is C26H22Cl2N6O10S3. The monoisotopic (exact) mass is 744 g/mol. The number of phenolic OH excluding ortho intramolecular Hbond substituents is 1. The highest BCUT2D eigenvalue weighted by atomic mass is 35.5. The summed E-state index contributed by atoms with van der Waals surface area (Å²) in [5.41, 5.74) is 5.33. The van der Waals surface area contributed by atoms with E-state index in [9.17, 15) is 44.0 Å². The quantitative estimate of drug-likeness (QED) is 0.0419. The molecule has 16 nitrogen and oxygen atoms in total. The molecule has 0 saturated carbocycles. The van der Waals surface area contributed by atoms with E-state index in [1.807, 2.05) is 0 Å². The summed E-state index contributed by atoms with van der Waals surface area (Å²) in [5, 5.41) is 20.0. The van der Waals surface area contributed by atoms with Crippen LogP contribution in [0.1, 0.15) is 13.8 Å². The molecule has 0 spiro atoms. The van der Waals surface area contributed by atoms with Crippen LogP contribution in [0.25, 0.3) is 21.5 Å². The number of anilines is 1. The number of nitrogens with two attached hydrogens (primary N) is 1. The van der Waals surface area contributed by atoms with E-state index < -0.39 is 62.2 Å². The first-order valence-electron chi connectivity index (χ1n) is 12.6. The van der Waals surface area contributed by atoms with E-state index in [1.165, 1.54) is 18.2 Å². The van der Waals surface area contributed by atoms with Crippen LogP contribution in [-0.4, -0.2) is 55.0 Å². The molecule has 0 aliphatic heterocycles. The molecular weight excluding hydrogens is 723 g/mol. The summed E-state index contributed by atoms with van der Waals surface area (Å²) in [7, 11) is -15.1. The second kappa shape index (κ2) is 13.1. The summed E-state index contributed by atoms with van der Waals surface area (Å²) in [6, 6.07) is 10.2. The summed E-state index contributed by atoms with van der Waals surface area (Å²) in [5.74, 6) is -0.981. The van der Waals surface area contributed by atoms with E-state index in [0.29, 0.717) is 5.71 Å². The van der Waals surface area contributed by atoms with Crippen LogP contribution < -0.4 is 11.1 Å². The van der Waals surface area contributed by atoms with Gasteiger partial charge in [0.25, 0.3) is 30.4 Å². The van der Waals surface area contributed by atoms with Gasteiger partial charge in [0.2, 0.25) is 5.29 Å². The van der Waals surface area contributed by atoms with Gasteiger partial charge in [-0.1, -0.05) is 29.8 Å². The average Bonchev–Trinajstić information content (AvgIpc) is 2.93. The molecule has 0 amide bonds. The molecule has 0 aromatic heterocycles. The van der Waals surface area contributed by atoms with Gasteiger partial charge >= 0.3 is 0 Å². The molecule has 21 heteroatoms. The number of amidine groups is 1. The van der Waals surface area contributed by atoms with Gasteiger partial charge in [-0.25, -0.2) is 9.98 Å². The second-order valence-corrected chi connectivity index (χ2v) is 14.5. The molecule has 4 aromatic rings. The Balaban J connectivity index is 1.87. The van der Waals surface area contributed by atoms with Crippen molar-refractivity contribution in [2.75, 3.05) is 5.32 Å². The third-order valence-electron chi connectivity index (χ3n) is 6.08. The van der Waals surface area contributed by atoms with Crippen molar-refractivity contribution in [1.29, 1.82) is 0 Å². The minimum atomic E-state index is -5.16. The number of nitrogens with zero attached hydrogens (tertiary/aromatic N) is 4. The molecule has 47 heavy (non-hydrogen) atoms. The van der Waals surface area contributed by atoms with Crippen molar-refractivity contribution in [3.05, 3.63) is 65.6 Å². The van der Waals surface area contributed by atoms with Crippen molar-refractivity contribution < 1.29 is 44.0 Å². The maximum Gasteiger partial charge on any atom is 0.297 e. The lowest BCUT2D eigenvalue weighted by Crippen LogP contribution is -2.10. The number of aliphatic imine (C=N–C) groups is 2. The normalized spacial score (nSPS) is 13.6. The summed E-state index contributed by atoms with van der Waals surface area (Å²) in [6.07, 6.45) is 0. The fourth-order valence-corrected chi connectivity index (χ4v) is 6.87. The average molecular weight is 746 g/mol. The number of benzene rings is 4. The molecule has 0 bridgehead atoms. The Morgan fingerprint density at radius 3 is 2.00 bits per heavy atom. The fraction of sp³-hybridized carbons (Fsp3) is 0.0769. The van der Waals surface area contributed by atoms with Gasteiger partial charge in [-0.15, -0.1) is 10.2 Å². The third kappa shape index (κ3) is 8.03. The Morgan fingerprint density at radius 1 is 0.766 bits per heavy atom. The van der Waals surface area contributed by atoms with Crippen molar-refractivity contribution in [2.24, 2.45) is 25.9 Å². The van der Waals surface area contributed by atoms with Crippen molar-refractivity contribution >= 4 is 103 Å². The van der Waals surface area contributed by atoms with E-state index in [0.717, 1.165) is 36.4 Å². The van der Waals surface area contributed by atoms with Crippen LogP contribution in [0.3, 0.4) is 0 Å². The van der Waals surface area contributed by atoms with Gasteiger partial charge in [0.15, 0.2) is 10.9 Å². The minimum Gasteiger partial charge on any atom is -0.505 e. The Labute approximate surface area is 277 Å². The zero-order chi connectivity index (χ0) is 35.1. The van der Waals surface area contributed by atoms with Crippen molar-refractivity contribution in [3.8, 4) is 5.75 Å². The summed E-state index contributed by atoms with van der Waals surface area (Å²) < 4.78 is 103. The van der Waals surface area contributed by atoms with Gasteiger partial charge in [0.1, 0.15) is 31.9 Å². The Kier molecular flexibility index (Phi) is 9.95. The third-order valence-corrected chi connectivity index (χ3v) is 9.26. The van der Waals surface area contributed by atoms with Gasteiger partial charge < -0.3 is 16.2 Å². The predicted molar refractivity (Wildman–Crippen MR) is 176 cm³/mol. The van der Waals surface area contributed by atoms with Crippen LogP contribution >= 0.6 is 23.2 Å². The number of hydrogen-bond acceptors (Lipinski definition) is 12. The smallest absolute Gasteiger partial charge is 0.297 e. The Hall–Kier alpha value is -4.21. The molecule has 4 aromatic carbocycles. The van der Waals surface area contributed by atoms with E-state index >= 15 is 0 Å². The van der Waals surface area contributed by atoms with Gasteiger partial charge in [0.05, 0.1) is 0 Å². The number of phenols is 1. The van der Waals surface area contributed by atoms with Gasteiger partial charge in [0, 0.05) is 27.6 Å². The summed E-state index contributed by atoms with van der Waals surface area (Å²) >= 11 is 12.0. The molecule has 0 heterocycles. The first-order chi connectivity index (χ1) is 21.7. The molecule has 7 N–H and O–H groups in total. The maximum atomic E-state index is 12.4.